The number of aromatic nitrogens is 2. The molecular formula is C21H27N5O2. The van der Waals surface area contributed by atoms with Gasteiger partial charge in [-0.3, -0.25) is 9.48 Å². The molecule has 2 N–H and O–H groups in total. The fourth-order valence-corrected chi connectivity index (χ4v) is 5.58. The minimum atomic E-state index is -0.101. The predicted molar refractivity (Wildman–Crippen MR) is 105 cm³/mol. The summed E-state index contributed by atoms with van der Waals surface area (Å²) in [5.41, 5.74) is 1.73. The molecule has 5 heterocycles. The Morgan fingerprint density at radius 2 is 1.86 bits per heavy atom. The Labute approximate surface area is 164 Å². The molecule has 4 aliphatic rings. The fraction of sp³-hybridized carbons (Fsp3) is 0.524. The van der Waals surface area contributed by atoms with Gasteiger partial charge < -0.3 is 20.2 Å². The molecule has 0 spiro atoms. The van der Waals surface area contributed by atoms with Crippen LogP contribution in [0, 0.1) is 5.92 Å². The first-order chi connectivity index (χ1) is 13.7. The van der Waals surface area contributed by atoms with Crippen molar-refractivity contribution >= 4 is 5.91 Å². The molecule has 4 aliphatic heterocycles. The minimum absolute atomic E-state index is 0.0358. The number of rotatable bonds is 5. The lowest BCUT2D eigenvalue weighted by atomic mass is 9.64. The molecule has 6 rings (SSSR count). The van der Waals surface area contributed by atoms with E-state index in [1.807, 2.05) is 0 Å². The second-order valence-electron chi connectivity index (χ2n) is 8.37. The first-order valence-electron chi connectivity index (χ1n) is 10.1. The summed E-state index contributed by atoms with van der Waals surface area (Å²) in [5.74, 6) is 0.311. The highest BCUT2D eigenvalue weighted by Crippen LogP contribution is 2.43. The molecule has 0 aliphatic carbocycles. The number of aliphatic hydroxyl groups is 1. The van der Waals surface area contributed by atoms with Crippen LogP contribution in [0.1, 0.15) is 16.1 Å². The molecule has 1 aromatic heterocycles. The summed E-state index contributed by atoms with van der Waals surface area (Å²) in [6.45, 7) is 6.53. The van der Waals surface area contributed by atoms with Gasteiger partial charge in [-0.1, -0.05) is 30.3 Å². The Balaban J connectivity index is 1.50. The van der Waals surface area contributed by atoms with Crippen molar-refractivity contribution in [2.75, 3.05) is 45.9 Å². The summed E-state index contributed by atoms with van der Waals surface area (Å²) in [6, 6.07) is 12.5. The molecule has 4 bridgehead atoms. The van der Waals surface area contributed by atoms with Crippen LogP contribution in [0.3, 0.4) is 0 Å². The lowest BCUT2D eigenvalue weighted by molar-refractivity contribution is 0.0178. The highest BCUT2D eigenvalue weighted by molar-refractivity contribution is 5.92. The average Bonchev–Trinajstić information content (AvgIpc) is 3.02. The van der Waals surface area contributed by atoms with Gasteiger partial charge in [-0.15, -0.1) is 0 Å². The SMILES string of the molecule is O=C(N[C@@H]1C2CN3CCN(C2)CC1(c1ccccc1)C3)c1ccnn1CCO. The predicted octanol–water partition coefficient (Wildman–Crippen LogP) is 0.173. The van der Waals surface area contributed by atoms with Crippen LogP contribution in [0.5, 0.6) is 0 Å². The number of hydrogen-bond acceptors (Lipinski definition) is 5. The summed E-state index contributed by atoms with van der Waals surface area (Å²) in [4.78, 5) is 18.3. The van der Waals surface area contributed by atoms with Crippen LogP contribution in [0.15, 0.2) is 42.6 Å². The maximum atomic E-state index is 13.2. The molecule has 2 aromatic rings. The molecular weight excluding hydrogens is 354 g/mol. The summed E-state index contributed by atoms with van der Waals surface area (Å²) < 4.78 is 1.58. The van der Waals surface area contributed by atoms with Crippen LogP contribution in [-0.4, -0.2) is 82.5 Å². The third-order valence-electron chi connectivity index (χ3n) is 6.69. The van der Waals surface area contributed by atoms with Crippen LogP contribution in [0.4, 0.5) is 0 Å². The van der Waals surface area contributed by atoms with Crippen molar-refractivity contribution in [1.82, 2.24) is 24.9 Å². The van der Waals surface area contributed by atoms with Crippen molar-refractivity contribution in [1.29, 1.82) is 0 Å². The number of carbonyl (C=O) groups is 1. The van der Waals surface area contributed by atoms with Crippen LogP contribution in [0.2, 0.25) is 0 Å². The topological polar surface area (TPSA) is 73.6 Å². The van der Waals surface area contributed by atoms with Gasteiger partial charge in [0.25, 0.3) is 5.91 Å². The number of nitrogens with zero attached hydrogens (tertiary/aromatic N) is 4. The highest BCUT2D eigenvalue weighted by Gasteiger charge is 2.55. The Hall–Kier alpha value is -2.22. The van der Waals surface area contributed by atoms with E-state index in [9.17, 15) is 9.90 Å². The molecule has 7 heteroatoms. The third-order valence-corrected chi connectivity index (χ3v) is 6.69. The second kappa shape index (κ2) is 6.99. The maximum absolute atomic E-state index is 13.2. The molecule has 4 saturated heterocycles. The smallest absolute Gasteiger partial charge is 0.269 e. The molecule has 0 saturated carbocycles. The van der Waals surface area contributed by atoms with E-state index in [0.29, 0.717) is 18.2 Å². The molecule has 1 aromatic carbocycles. The van der Waals surface area contributed by atoms with E-state index in [4.69, 9.17) is 0 Å². The van der Waals surface area contributed by atoms with Crippen LogP contribution in [0.25, 0.3) is 0 Å². The van der Waals surface area contributed by atoms with Gasteiger partial charge in [0.15, 0.2) is 0 Å². The molecule has 3 atom stereocenters. The van der Waals surface area contributed by atoms with Gasteiger partial charge in [0.2, 0.25) is 0 Å². The van der Waals surface area contributed by atoms with E-state index >= 15 is 0 Å². The number of amides is 1. The molecule has 0 radical (unpaired) electrons. The largest absolute Gasteiger partial charge is 0.394 e. The van der Waals surface area contributed by atoms with Gasteiger partial charge in [-0.05, 0) is 11.6 Å². The van der Waals surface area contributed by atoms with Gasteiger partial charge in [-0.25, -0.2) is 0 Å². The van der Waals surface area contributed by atoms with Crippen molar-refractivity contribution in [2.45, 2.75) is 18.0 Å². The molecule has 4 fully saturated rings. The molecule has 1 amide bonds. The first kappa shape index (κ1) is 17.8. The van der Waals surface area contributed by atoms with Gasteiger partial charge in [0.05, 0.1) is 13.2 Å². The number of fused-ring (bicyclic) bond motifs is 1. The Kier molecular flexibility index (Phi) is 4.45. The number of aliphatic hydroxyl groups excluding tert-OH is 1. The highest BCUT2D eigenvalue weighted by atomic mass is 16.3. The standard InChI is InChI=1S/C21H27N5O2/c27-11-10-26-18(6-7-22-26)20(28)23-19-16-12-24-8-9-25(13-16)15-21(19,14-24)17-4-2-1-3-5-17/h1-7,16,19,27H,8-15H2,(H,23,28)/t16?,19-,21?/m1/s1. The summed E-state index contributed by atoms with van der Waals surface area (Å²) >= 11 is 0. The zero-order chi connectivity index (χ0) is 19.1. The number of piperidine rings is 2. The van der Waals surface area contributed by atoms with E-state index in [0.717, 1.165) is 39.3 Å². The molecule has 7 nitrogen and oxygen atoms in total. The number of hydrogen-bond donors (Lipinski definition) is 2. The summed E-state index contributed by atoms with van der Waals surface area (Å²) in [7, 11) is 0. The normalized spacial score (nSPS) is 33.6. The van der Waals surface area contributed by atoms with Crippen LogP contribution >= 0.6 is 0 Å². The number of carbonyl (C=O) groups excluding carboxylic acids is 1. The lowest BCUT2D eigenvalue weighted by Gasteiger charge is -2.55. The zero-order valence-electron chi connectivity index (χ0n) is 16.0. The van der Waals surface area contributed by atoms with E-state index in [-0.39, 0.29) is 24.0 Å². The van der Waals surface area contributed by atoms with Gasteiger partial charge >= 0.3 is 0 Å². The van der Waals surface area contributed by atoms with Crippen molar-refractivity contribution in [2.24, 2.45) is 5.92 Å². The molecule has 2 unspecified atom stereocenters. The fourth-order valence-electron chi connectivity index (χ4n) is 5.58. The Morgan fingerprint density at radius 3 is 2.54 bits per heavy atom. The minimum Gasteiger partial charge on any atom is -0.394 e. The van der Waals surface area contributed by atoms with Gasteiger partial charge in [0, 0.05) is 62.8 Å². The number of benzene rings is 1. The van der Waals surface area contributed by atoms with Crippen LogP contribution in [-0.2, 0) is 12.0 Å². The van der Waals surface area contributed by atoms with Crippen molar-refractivity contribution < 1.29 is 9.90 Å². The second-order valence-corrected chi connectivity index (χ2v) is 8.37. The number of nitrogens with one attached hydrogen (secondary N) is 1. The summed E-state index contributed by atoms with van der Waals surface area (Å²) in [6.07, 6.45) is 1.62. The van der Waals surface area contributed by atoms with Crippen LogP contribution < -0.4 is 5.32 Å². The van der Waals surface area contributed by atoms with E-state index in [2.05, 4.69) is 50.5 Å². The van der Waals surface area contributed by atoms with Gasteiger partial charge in [-0.2, -0.15) is 5.10 Å². The van der Waals surface area contributed by atoms with E-state index < -0.39 is 0 Å². The van der Waals surface area contributed by atoms with Crippen molar-refractivity contribution in [3.63, 3.8) is 0 Å². The first-order valence-corrected chi connectivity index (χ1v) is 10.1. The van der Waals surface area contributed by atoms with Crippen molar-refractivity contribution in [3.8, 4) is 0 Å². The van der Waals surface area contributed by atoms with E-state index in [1.165, 1.54) is 5.56 Å². The zero-order valence-corrected chi connectivity index (χ0v) is 16.0. The third kappa shape index (κ3) is 2.85. The quantitative estimate of drug-likeness (QED) is 0.773. The monoisotopic (exact) mass is 381 g/mol. The summed E-state index contributed by atoms with van der Waals surface area (Å²) in [5, 5.41) is 16.8. The molecule has 148 valence electrons. The lowest BCUT2D eigenvalue weighted by Crippen LogP contribution is -2.70. The van der Waals surface area contributed by atoms with E-state index in [1.54, 1.807) is 16.9 Å². The Morgan fingerprint density at radius 1 is 1.14 bits per heavy atom. The average molecular weight is 381 g/mol. The molecule has 28 heavy (non-hydrogen) atoms. The van der Waals surface area contributed by atoms with Gasteiger partial charge in [0.1, 0.15) is 5.69 Å². The Bertz CT molecular complexity index is 835. The maximum Gasteiger partial charge on any atom is 0.269 e. The van der Waals surface area contributed by atoms with Crippen molar-refractivity contribution in [3.05, 3.63) is 53.9 Å².